The highest BCUT2D eigenvalue weighted by molar-refractivity contribution is 7.45. The SMILES string of the molecule is CC/C=C\C/C=C\C/C=C\C/C=C\CCC(=O)NC(COP(=O)([O-])OCC[N+](C)(C)C)C(O)/C=C/CC/C=C/CCCCCCC. The molecule has 3 atom stereocenters. The predicted molar refractivity (Wildman–Crippen MR) is 191 cm³/mol. The van der Waals surface area contributed by atoms with E-state index >= 15 is 0 Å². The molecule has 0 aromatic carbocycles. The number of nitrogens with one attached hydrogen (secondary N) is 1. The van der Waals surface area contributed by atoms with Crippen LogP contribution in [0.15, 0.2) is 72.9 Å². The number of carbonyl (C=O) groups is 1. The maximum atomic E-state index is 12.7. The summed E-state index contributed by atoms with van der Waals surface area (Å²) < 4.78 is 22.9. The second kappa shape index (κ2) is 29.1. The number of carbonyl (C=O) groups excluding carboxylic acids is 1. The van der Waals surface area contributed by atoms with E-state index in [4.69, 9.17) is 9.05 Å². The number of hydrogen-bond acceptors (Lipinski definition) is 6. The molecule has 0 aromatic heterocycles. The number of amides is 1. The number of aliphatic hydroxyl groups is 1. The van der Waals surface area contributed by atoms with Gasteiger partial charge in [0.2, 0.25) is 5.91 Å². The van der Waals surface area contributed by atoms with Crippen molar-refractivity contribution in [3.63, 3.8) is 0 Å². The number of rotatable bonds is 29. The number of phosphoric ester groups is 1. The van der Waals surface area contributed by atoms with Gasteiger partial charge in [-0.2, -0.15) is 0 Å². The smallest absolute Gasteiger partial charge is 0.268 e. The molecule has 0 saturated heterocycles. The Bertz CT molecular complexity index is 981. The van der Waals surface area contributed by atoms with E-state index in [2.05, 4.69) is 67.8 Å². The molecule has 0 saturated carbocycles. The van der Waals surface area contributed by atoms with Crippen LogP contribution in [0, 0.1) is 0 Å². The van der Waals surface area contributed by atoms with Crippen molar-refractivity contribution in [2.24, 2.45) is 0 Å². The van der Waals surface area contributed by atoms with Crippen molar-refractivity contribution in [3.05, 3.63) is 72.9 Å². The van der Waals surface area contributed by atoms with Crippen molar-refractivity contribution in [3.8, 4) is 0 Å². The third kappa shape index (κ3) is 30.6. The van der Waals surface area contributed by atoms with Gasteiger partial charge in [-0.05, 0) is 57.8 Å². The number of quaternary nitrogens is 1. The highest BCUT2D eigenvalue weighted by Gasteiger charge is 2.23. The zero-order chi connectivity index (χ0) is 34.4. The summed E-state index contributed by atoms with van der Waals surface area (Å²) in [4.78, 5) is 25.0. The second-order valence-electron chi connectivity index (χ2n) is 12.5. The number of unbranched alkanes of at least 4 members (excludes halogenated alkanes) is 6. The van der Waals surface area contributed by atoms with Crippen molar-refractivity contribution < 1.29 is 32.9 Å². The number of likely N-dealkylation sites (N-methyl/N-ethyl adjacent to an activating group) is 1. The third-order valence-electron chi connectivity index (χ3n) is 6.91. The Morgan fingerprint density at radius 3 is 1.98 bits per heavy atom. The average molecular weight is 665 g/mol. The Balaban J connectivity index is 4.81. The minimum atomic E-state index is -4.60. The number of allylic oxidation sites excluding steroid dienone is 11. The molecule has 0 aliphatic carbocycles. The zero-order valence-electron chi connectivity index (χ0n) is 29.5. The van der Waals surface area contributed by atoms with Crippen LogP contribution in [0.4, 0.5) is 0 Å². The van der Waals surface area contributed by atoms with Crippen LogP contribution in [0.2, 0.25) is 0 Å². The van der Waals surface area contributed by atoms with E-state index in [1.807, 2.05) is 39.4 Å². The van der Waals surface area contributed by atoms with Crippen LogP contribution in [-0.2, 0) is 18.4 Å². The van der Waals surface area contributed by atoms with Crippen molar-refractivity contribution in [1.82, 2.24) is 5.32 Å². The summed E-state index contributed by atoms with van der Waals surface area (Å²) in [5.41, 5.74) is 0. The summed E-state index contributed by atoms with van der Waals surface area (Å²) in [5, 5.41) is 13.5. The quantitative estimate of drug-likeness (QED) is 0.0365. The van der Waals surface area contributed by atoms with Gasteiger partial charge in [0.05, 0.1) is 39.9 Å². The minimum Gasteiger partial charge on any atom is -0.756 e. The molecule has 0 heterocycles. The summed E-state index contributed by atoms with van der Waals surface area (Å²) in [5.74, 6) is -0.294. The number of aliphatic hydroxyl groups excluding tert-OH is 1. The molecule has 3 unspecified atom stereocenters. The second-order valence-corrected chi connectivity index (χ2v) is 13.9. The summed E-state index contributed by atoms with van der Waals surface area (Å²) in [6.45, 7) is 4.37. The van der Waals surface area contributed by atoms with Crippen molar-refractivity contribution >= 4 is 13.7 Å². The van der Waals surface area contributed by atoms with Gasteiger partial charge in [-0.25, -0.2) is 0 Å². The molecule has 1 amide bonds. The van der Waals surface area contributed by atoms with Gasteiger partial charge in [-0.1, -0.05) is 112 Å². The first-order valence-electron chi connectivity index (χ1n) is 17.3. The Hall–Kier alpha value is -2.06. The summed E-state index contributed by atoms with van der Waals surface area (Å²) in [6, 6.07) is -0.941. The minimum absolute atomic E-state index is 0.0229. The topological polar surface area (TPSA) is 108 Å². The lowest BCUT2D eigenvalue weighted by Crippen LogP contribution is -2.45. The molecular weight excluding hydrogens is 599 g/mol. The molecule has 9 heteroatoms. The molecule has 0 rings (SSSR count). The van der Waals surface area contributed by atoms with E-state index in [1.165, 1.54) is 32.1 Å². The molecule has 8 nitrogen and oxygen atoms in total. The fraction of sp³-hybridized carbons (Fsp3) is 0.649. The van der Waals surface area contributed by atoms with Crippen LogP contribution >= 0.6 is 7.82 Å². The molecule has 46 heavy (non-hydrogen) atoms. The van der Waals surface area contributed by atoms with Gasteiger partial charge in [0.25, 0.3) is 7.82 Å². The molecule has 0 radical (unpaired) electrons. The summed E-state index contributed by atoms with van der Waals surface area (Å²) >= 11 is 0. The molecule has 0 spiro atoms. The Morgan fingerprint density at radius 1 is 0.783 bits per heavy atom. The molecule has 0 bridgehead atoms. The maximum Gasteiger partial charge on any atom is 0.268 e. The standard InChI is InChI=1S/C37H65N2O6P/c1-6-8-10-12-14-16-18-19-21-23-25-27-29-31-37(41)38-35(34-45-46(42,43)44-33-32-39(3,4)5)36(40)30-28-26-24-22-20-17-15-13-11-9-7-2/h8,10,14,16,19-22,25,27-28,30,35-36,40H,6-7,9,11-13,15,17-18,23-24,26,29,31-34H2,1-5H3,(H-,38,41,42,43)/b10-8-,16-14-,21-19-,22-20+,27-25-,30-28+. The van der Waals surface area contributed by atoms with Crippen molar-refractivity contribution in [2.75, 3.05) is 40.9 Å². The number of phosphoric acid groups is 1. The van der Waals surface area contributed by atoms with Crippen LogP contribution in [0.1, 0.15) is 104 Å². The fourth-order valence-electron chi connectivity index (χ4n) is 4.12. The van der Waals surface area contributed by atoms with Gasteiger partial charge in [0.1, 0.15) is 13.2 Å². The Kier molecular flexibility index (Phi) is 27.8. The van der Waals surface area contributed by atoms with Crippen LogP contribution in [0.3, 0.4) is 0 Å². The highest BCUT2D eigenvalue weighted by Crippen LogP contribution is 2.38. The molecule has 0 aromatic rings. The number of nitrogens with zero attached hydrogens (tertiary/aromatic N) is 1. The summed E-state index contributed by atoms with van der Waals surface area (Å²) in [7, 11) is 1.18. The van der Waals surface area contributed by atoms with Gasteiger partial charge in [0.15, 0.2) is 0 Å². The van der Waals surface area contributed by atoms with Crippen LogP contribution in [-0.4, -0.2) is 68.5 Å². The van der Waals surface area contributed by atoms with E-state index < -0.39 is 26.6 Å². The largest absolute Gasteiger partial charge is 0.756 e. The average Bonchev–Trinajstić information content (AvgIpc) is 2.99. The van der Waals surface area contributed by atoms with E-state index in [0.717, 1.165) is 44.9 Å². The van der Waals surface area contributed by atoms with Crippen molar-refractivity contribution in [2.45, 2.75) is 116 Å². The van der Waals surface area contributed by atoms with Gasteiger partial charge in [-0.3, -0.25) is 9.36 Å². The molecule has 2 N–H and O–H groups in total. The number of hydrogen-bond donors (Lipinski definition) is 2. The van der Waals surface area contributed by atoms with Gasteiger partial charge in [0, 0.05) is 6.42 Å². The lowest BCUT2D eigenvalue weighted by Gasteiger charge is -2.29. The van der Waals surface area contributed by atoms with E-state index in [0.29, 0.717) is 17.4 Å². The zero-order valence-corrected chi connectivity index (χ0v) is 30.4. The summed E-state index contributed by atoms with van der Waals surface area (Å²) in [6.07, 6.45) is 36.8. The normalized spacial score (nSPS) is 15.7. The van der Waals surface area contributed by atoms with Gasteiger partial charge >= 0.3 is 0 Å². The van der Waals surface area contributed by atoms with E-state index in [9.17, 15) is 19.4 Å². The molecule has 0 aliphatic rings. The first-order valence-corrected chi connectivity index (χ1v) is 18.8. The highest BCUT2D eigenvalue weighted by atomic mass is 31.2. The molecule has 0 fully saturated rings. The first kappa shape index (κ1) is 43.9. The van der Waals surface area contributed by atoms with E-state index in [1.54, 1.807) is 6.08 Å². The molecule has 264 valence electrons. The Morgan fingerprint density at radius 2 is 1.35 bits per heavy atom. The monoisotopic (exact) mass is 664 g/mol. The van der Waals surface area contributed by atoms with Crippen molar-refractivity contribution in [1.29, 1.82) is 0 Å². The Labute approximate surface area is 281 Å². The lowest BCUT2D eigenvalue weighted by molar-refractivity contribution is -0.870. The first-order chi connectivity index (χ1) is 22.0. The molecular formula is C37H65N2O6P. The maximum absolute atomic E-state index is 12.7. The fourth-order valence-corrected chi connectivity index (χ4v) is 4.84. The van der Waals surface area contributed by atoms with Gasteiger partial charge in [-0.15, -0.1) is 0 Å². The molecule has 0 aliphatic heterocycles. The predicted octanol–water partition coefficient (Wildman–Crippen LogP) is 7.88. The van der Waals surface area contributed by atoms with Gasteiger partial charge < -0.3 is 28.8 Å². The van der Waals surface area contributed by atoms with Crippen LogP contribution in [0.5, 0.6) is 0 Å². The lowest BCUT2D eigenvalue weighted by atomic mass is 10.1. The third-order valence-corrected chi connectivity index (χ3v) is 7.88. The van der Waals surface area contributed by atoms with Crippen LogP contribution < -0.4 is 10.2 Å². The van der Waals surface area contributed by atoms with E-state index in [-0.39, 0.29) is 18.9 Å². The van der Waals surface area contributed by atoms with Crippen LogP contribution in [0.25, 0.3) is 0 Å².